The second kappa shape index (κ2) is 24.9. The molecule has 50 heavy (non-hydrogen) atoms. The third-order valence-electron chi connectivity index (χ3n) is 8.27. The molecule has 2 atom stereocenters. The van der Waals surface area contributed by atoms with Gasteiger partial charge in [-0.15, -0.1) is 0 Å². The Hall–Kier alpha value is -3.14. The topological polar surface area (TPSA) is 61.9 Å². The number of aryl methyl sites for hydroxylation is 1. The Morgan fingerprint density at radius 2 is 1.28 bits per heavy atom. The van der Waals surface area contributed by atoms with E-state index < -0.39 is 0 Å². The van der Waals surface area contributed by atoms with Crippen molar-refractivity contribution in [3.8, 4) is 0 Å². The fraction of sp³-hybridized carbons (Fsp3) is 0.381. The second-order valence-corrected chi connectivity index (χ2v) is 14.0. The van der Waals surface area contributed by atoms with Crippen LogP contribution in [0.25, 0.3) is 0 Å². The van der Waals surface area contributed by atoms with Crippen LogP contribution in [0.15, 0.2) is 121 Å². The van der Waals surface area contributed by atoms with E-state index >= 15 is 0 Å². The number of carbonyl (C=O) groups excluding carboxylic acids is 2. The molecule has 0 aromatic heterocycles. The highest BCUT2D eigenvalue weighted by molar-refractivity contribution is 9.12. The van der Waals surface area contributed by atoms with Crippen LogP contribution in [0.3, 0.4) is 0 Å². The summed E-state index contributed by atoms with van der Waals surface area (Å²) >= 11 is 6.29. The predicted octanol–water partition coefficient (Wildman–Crippen LogP) is 8.47. The van der Waals surface area contributed by atoms with Crippen LogP contribution in [0.5, 0.6) is 0 Å². The van der Waals surface area contributed by atoms with E-state index in [9.17, 15) is 9.59 Å². The second-order valence-electron chi connectivity index (χ2n) is 12.3. The van der Waals surface area contributed by atoms with E-state index in [1.165, 1.54) is 41.5 Å². The Morgan fingerprint density at radius 3 is 1.78 bits per heavy atom. The van der Waals surface area contributed by atoms with Gasteiger partial charge < -0.3 is 10.1 Å². The molecular formula is C42H53Br2N3O3. The van der Waals surface area contributed by atoms with Crippen molar-refractivity contribution in [3.05, 3.63) is 144 Å². The molecule has 0 amide bonds. The number of rotatable bonds is 15. The van der Waals surface area contributed by atoms with Gasteiger partial charge in [0.05, 0.1) is 11.4 Å². The minimum Gasteiger partial charge on any atom is -0.465 e. The van der Waals surface area contributed by atoms with Crippen molar-refractivity contribution in [2.45, 2.75) is 63.6 Å². The molecule has 6 nitrogen and oxygen atoms in total. The highest BCUT2D eigenvalue weighted by Gasteiger charge is 2.33. The Labute approximate surface area is 316 Å². The first kappa shape index (κ1) is 41.3. The van der Waals surface area contributed by atoms with Crippen LogP contribution in [-0.4, -0.2) is 70.5 Å². The lowest BCUT2D eigenvalue weighted by Gasteiger charge is -2.40. The van der Waals surface area contributed by atoms with Gasteiger partial charge in [-0.05, 0) is 61.9 Å². The molecule has 268 valence electrons. The van der Waals surface area contributed by atoms with Crippen LogP contribution < -0.4 is 5.32 Å². The number of ketones is 1. The van der Waals surface area contributed by atoms with Gasteiger partial charge in [-0.2, -0.15) is 0 Å². The summed E-state index contributed by atoms with van der Waals surface area (Å²) < 4.78 is 5.34. The molecule has 0 bridgehead atoms. The molecule has 4 aromatic rings. The van der Waals surface area contributed by atoms with Gasteiger partial charge in [0.2, 0.25) is 0 Å². The van der Waals surface area contributed by atoms with Crippen LogP contribution in [0.1, 0.15) is 48.9 Å². The van der Waals surface area contributed by atoms with Gasteiger partial charge in [-0.3, -0.25) is 19.4 Å². The van der Waals surface area contributed by atoms with Gasteiger partial charge in [0.15, 0.2) is 0 Å². The summed E-state index contributed by atoms with van der Waals surface area (Å²) in [6, 6.07) is 41.8. The van der Waals surface area contributed by atoms with Crippen molar-refractivity contribution < 1.29 is 14.3 Å². The van der Waals surface area contributed by atoms with Gasteiger partial charge in [0.1, 0.15) is 11.8 Å². The predicted molar refractivity (Wildman–Crippen MR) is 214 cm³/mol. The van der Waals surface area contributed by atoms with E-state index in [1.54, 1.807) is 6.92 Å². The fourth-order valence-electron chi connectivity index (χ4n) is 5.49. The molecule has 1 saturated heterocycles. The number of unbranched alkanes of at least 4 members (excludes halogenated alkanes) is 1. The lowest BCUT2D eigenvalue weighted by atomic mass is 10.1. The minimum atomic E-state index is -0.211. The largest absolute Gasteiger partial charge is 0.465 e. The average Bonchev–Trinajstić information content (AvgIpc) is 3.15. The lowest BCUT2D eigenvalue weighted by molar-refractivity contribution is -0.152. The van der Waals surface area contributed by atoms with Crippen molar-refractivity contribution in [1.82, 2.24) is 15.1 Å². The van der Waals surface area contributed by atoms with Crippen LogP contribution in [-0.2, 0) is 40.4 Å². The van der Waals surface area contributed by atoms with Crippen molar-refractivity contribution >= 4 is 43.6 Å². The molecule has 8 heteroatoms. The van der Waals surface area contributed by atoms with Crippen LogP contribution in [0, 0.1) is 0 Å². The summed E-state index contributed by atoms with van der Waals surface area (Å²) in [5.41, 5.74) is 5.32. The highest BCUT2D eigenvalue weighted by atomic mass is 79.9. The van der Waals surface area contributed by atoms with Gasteiger partial charge >= 0.3 is 5.97 Å². The van der Waals surface area contributed by atoms with Crippen molar-refractivity contribution in [2.24, 2.45) is 0 Å². The summed E-state index contributed by atoms with van der Waals surface area (Å²) in [6.45, 7) is 10.1. The summed E-state index contributed by atoms with van der Waals surface area (Å²) in [6.07, 6.45) is 3.68. The third-order valence-corrected chi connectivity index (χ3v) is 10.8. The zero-order chi connectivity index (χ0) is 35.8. The molecule has 0 radical (unpaired) electrons. The number of hydrogen-bond donors (Lipinski definition) is 1. The SMILES string of the molecule is CC(=O)C(Br)CBr.CCOC(=O)C1CN(Cc2ccccc2)CCN1Cc1ccccc1.c1ccc(CCCCNCc2ccccc2)cc1. The molecule has 1 aliphatic rings. The van der Waals surface area contributed by atoms with E-state index in [0.29, 0.717) is 18.5 Å². The molecule has 1 aliphatic heterocycles. The van der Waals surface area contributed by atoms with E-state index in [4.69, 9.17) is 4.74 Å². The smallest absolute Gasteiger partial charge is 0.324 e. The number of esters is 1. The summed E-state index contributed by atoms with van der Waals surface area (Å²) in [4.78, 5) is 27.4. The van der Waals surface area contributed by atoms with Crippen LogP contribution in [0.4, 0.5) is 0 Å². The standard InChI is InChI=1S/C21H26N2O2.C17H21N.C4H6Br2O/c1-2-25-21(24)20-17-22(15-18-9-5-3-6-10-18)13-14-23(20)16-19-11-7-4-8-12-19;1-3-9-16(10-4-1)11-7-8-14-18-15-17-12-5-2-6-13-17;1-3(7)4(6)2-5/h3-12,20H,2,13-17H2,1H3;1-6,9-10,12-13,18H,7-8,11,14-15H2;4H,2H2,1H3. The van der Waals surface area contributed by atoms with Crippen LogP contribution in [0.2, 0.25) is 0 Å². The maximum Gasteiger partial charge on any atom is 0.324 e. The summed E-state index contributed by atoms with van der Waals surface area (Å²) in [5, 5.41) is 4.18. The molecule has 2 unspecified atom stereocenters. The maximum absolute atomic E-state index is 12.5. The number of benzene rings is 4. The molecule has 0 saturated carbocycles. The fourth-order valence-corrected chi connectivity index (χ4v) is 5.95. The van der Waals surface area contributed by atoms with Crippen molar-refractivity contribution in [1.29, 1.82) is 0 Å². The number of piperazine rings is 1. The Morgan fingerprint density at radius 1 is 0.760 bits per heavy atom. The first-order valence-corrected chi connectivity index (χ1v) is 19.6. The first-order chi connectivity index (χ1) is 24.4. The minimum absolute atomic E-state index is 0.00694. The number of alkyl halides is 2. The molecule has 5 rings (SSSR count). The van der Waals surface area contributed by atoms with Crippen molar-refractivity contribution in [3.63, 3.8) is 0 Å². The van der Waals surface area contributed by atoms with Gasteiger partial charge in [0, 0.05) is 44.6 Å². The summed E-state index contributed by atoms with van der Waals surface area (Å²) in [7, 11) is 0. The summed E-state index contributed by atoms with van der Waals surface area (Å²) in [5.74, 6) is 0.0491. The highest BCUT2D eigenvalue weighted by Crippen LogP contribution is 2.18. The van der Waals surface area contributed by atoms with E-state index in [-0.39, 0.29) is 22.6 Å². The van der Waals surface area contributed by atoms with Gasteiger partial charge in [0.25, 0.3) is 0 Å². The van der Waals surface area contributed by atoms with Crippen molar-refractivity contribution in [2.75, 3.05) is 38.1 Å². The Bertz CT molecular complexity index is 1420. The molecule has 1 fully saturated rings. The molecule has 1 N–H and O–H groups in total. The van der Waals surface area contributed by atoms with Gasteiger partial charge in [-0.1, -0.05) is 153 Å². The molecular weight excluding hydrogens is 754 g/mol. The Balaban J connectivity index is 0.000000236. The number of Topliss-reactive ketones (excluding diaryl/α,β-unsaturated/α-hetero) is 1. The number of halogens is 2. The average molecular weight is 808 g/mol. The number of hydrogen-bond acceptors (Lipinski definition) is 6. The van der Waals surface area contributed by atoms with E-state index in [1.807, 2.05) is 31.2 Å². The zero-order valence-electron chi connectivity index (χ0n) is 29.6. The number of carbonyl (C=O) groups is 2. The molecule has 4 aromatic carbocycles. The van der Waals surface area contributed by atoms with Crippen LogP contribution >= 0.6 is 31.9 Å². The number of nitrogens with zero attached hydrogens (tertiary/aromatic N) is 2. The van der Waals surface area contributed by atoms with E-state index in [2.05, 4.69) is 144 Å². The first-order valence-electron chi connectivity index (χ1n) is 17.6. The van der Waals surface area contributed by atoms with E-state index in [0.717, 1.165) is 39.3 Å². The third kappa shape index (κ3) is 16.7. The molecule has 0 aliphatic carbocycles. The normalized spacial score (nSPS) is 15.1. The monoisotopic (exact) mass is 805 g/mol. The zero-order valence-corrected chi connectivity index (χ0v) is 32.7. The quantitative estimate of drug-likeness (QED) is 0.0740. The number of nitrogens with one attached hydrogen (secondary N) is 1. The molecule has 1 heterocycles. The van der Waals surface area contributed by atoms with Gasteiger partial charge in [-0.25, -0.2) is 0 Å². The number of ether oxygens (including phenoxy) is 1. The molecule has 0 spiro atoms. The Kier molecular flexibility index (Phi) is 20.6. The maximum atomic E-state index is 12.5. The lowest BCUT2D eigenvalue weighted by Crippen LogP contribution is -2.56.